The maximum atomic E-state index is 12.4. The van der Waals surface area contributed by atoms with Gasteiger partial charge < -0.3 is 14.7 Å². The normalized spacial score (nSPS) is 22.5. The predicted octanol–water partition coefficient (Wildman–Crippen LogP) is 3.44. The third-order valence-electron chi connectivity index (χ3n) is 4.58. The summed E-state index contributed by atoms with van der Waals surface area (Å²) in [5.41, 5.74) is 1.12. The van der Waals surface area contributed by atoms with Crippen LogP contribution < -0.4 is 0 Å². The Kier molecular flexibility index (Phi) is 5.46. The topological polar surface area (TPSA) is 49.8 Å². The number of hydrogen-bond donors (Lipinski definition) is 1. The highest BCUT2D eigenvalue weighted by Crippen LogP contribution is 2.35. The number of ether oxygens (including phenoxy) is 1. The molecule has 22 heavy (non-hydrogen) atoms. The molecule has 1 aliphatic rings. The van der Waals surface area contributed by atoms with Gasteiger partial charge in [0.25, 0.3) is 0 Å². The number of carbonyl (C=O) groups is 1. The first-order valence-corrected chi connectivity index (χ1v) is 8.00. The molecule has 0 saturated carbocycles. The Morgan fingerprint density at radius 3 is 2.55 bits per heavy atom. The van der Waals surface area contributed by atoms with Gasteiger partial charge in [-0.05, 0) is 29.7 Å². The van der Waals surface area contributed by atoms with E-state index in [1.165, 1.54) is 0 Å². The smallest absolute Gasteiger partial charge is 0.410 e. The van der Waals surface area contributed by atoms with E-state index in [0.29, 0.717) is 12.5 Å². The molecular formula is C18H27NO3. The van der Waals surface area contributed by atoms with Crippen molar-refractivity contribution in [3.63, 3.8) is 0 Å². The maximum absolute atomic E-state index is 12.4. The maximum Gasteiger partial charge on any atom is 0.410 e. The second-order valence-electron chi connectivity index (χ2n) is 7.17. The summed E-state index contributed by atoms with van der Waals surface area (Å²) in [6.45, 7) is 7.52. The molecule has 0 bridgehead atoms. The van der Waals surface area contributed by atoms with Crippen molar-refractivity contribution in [3.8, 4) is 0 Å². The summed E-state index contributed by atoms with van der Waals surface area (Å²) in [5.74, 6) is 0.430. The highest BCUT2D eigenvalue weighted by atomic mass is 16.6. The van der Waals surface area contributed by atoms with Gasteiger partial charge in [0.15, 0.2) is 0 Å². The van der Waals surface area contributed by atoms with Gasteiger partial charge in [0.2, 0.25) is 0 Å². The quantitative estimate of drug-likeness (QED) is 0.930. The molecule has 4 heteroatoms. The number of piperidine rings is 1. The molecule has 1 amide bonds. The molecule has 122 valence electrons. The lowest BCUT2D eigenvalue weighted by Gasteiger charge is -2.43. The molecule has 1 aromatic rings. The Labute approximate surface area is 133 Å². The third kappa shape index (κ3) is 4.23. The minimum atomic E-state index is -0.322. The van der Waals surface area contributed by atoms with Crippen molar-refractivity contribution in [3.05, 3.63) is 35.9 Å². The standard InChI is InChI=1S/C18H27NO3/c1-18(2,3)15-9-10-16(12-20)19(11-15)17(21)22-13-14-7-5-4-6-8-14/h4-8,15-16,20H,9-13H2,1-3H3. The van der Waals surface area contributed by atoms with Gasteiger partial charge in [-0.1, -0.05) is 51.1 Å². The molecule has 0 aromatic heterocycles. The Morgan fingerprint density at radius 2 is 1.95 bits per heavy atom. The molecule has 2 rings (SSSR count). The van der Waals surface area contributed by atoms with Crippen molar-refractivity contribution in [1.82, 2.24) is 4.90 Å². The fourth-order valence-electron chi connectivity index (χ4n) is 2.95. The Morgan fingerprint density at radius 1 is 1.27 bits per heavy atom. The van der Waals surface area contributed by atoms with Crippen LogP contribution in [0.2, 0.25) is 0 Å². The molecule has 0 spiro atoms. The zero-order valence-electron chi connectivity index (χ0n) is 13.8. The van der Waals surface area contributed by atoms with Crippen molar-refractivity contribution in [1.29, 1.82) is 0 Å². The highest BCUT2D eigenvalue weighted by Gasteiger charge is 2.37. The number of carbonyl (C=O) groups excluding carboxylic acids is 1. The van der Waals surface area contributed by atoms with E-state index >= 15 is 0 Å². The zero-order valence-corrected chi connectivity index (χ0v) is 13.8. The number of nitrogens with zero attached hydrogens (tertiary/aromatic N) is 1. The number of hydrogen-bond acceptors (Lipinski definition) is 3. The Bertz CT molecular complexity index is 481. The molecule has 1 aromatic carbocycles. The summed E-state index contributed by atoms with van der Waals surface area (Å²) in [7, 11) is 0. The van der Waals surface area contributed by atoms with Crippen LogP contribution in [0.5, 0.6) is 0 Å². The van der Waals surface area contributed by atoms with E-state index in [-0.39, 0.29) is 30.8 Å². The lowest BCUT2D eigenvalue weighted by atomic mass is 9.75. The van der Waals surface area contributed by atoms with Crippen LogP contribution in [0.1, 0.15) is 39.2 Å². The van der Waals surface area contributed by atoms with E-state index in [9.17, 15) is 9.90 Å². The van der Waals surface area contributed by atoms with Crippen LogP contribution in [0, 0.1) is 11.3 Å². The predicted molar refractivity (Wildman–Crippen MR) is 86.4 cm³/mol. The Hall–Kier alpha value is -1.55. The Balaban J connectivity index is 1.98. The second-order valence-corrected chi connectivity index (χ2v) is 7.17. The van der Waals surface area contributed by atoms with Crippen molar-refractivity contribution in [2.24, 2.45) is 11.3 Å². The van der Waals surface area contributed by atoms with Gasteiger partial charge in [-0.2, -0.15) is 0 Å². The average molecular weight is 305 g/mol. The van der Waals surface area contributed by atoms with Gasteiger partial charge in [0, 0.05) is 6.54 Å². The lowest BCUT2D eigenvalue weighted by Crippen LogP contribution is -2.51. The zero-order chi connectivity index (χ0) is 16.2. The minimum Gasteiger partial charge on any atom is -0.445 e. The molecule has 1 fully saturated rings. The van der Waals surface area contributed by atoms with Crippen LogP contribution in [0.15, 0.2) is 30.3 Å². The van der Waals surface area contributed by atoms with E-state index in [2.05, 4.69) is 20.8 Å². The number of likely N-dealkylation sites (tertiary alicyclic amines) is 1. The third-order valence-corrected chi connectivity index (χ3v) is 4.58. The van der Waals surface area contributed by atoms with Gasteiger partial charge in [0.05, 0.1) is 12.6 Å². The van der Waals surface area contributed by atoms with Gasteiger partial charge in [-0.25, -0.2) is 4.79 Å². The first-order valence-electron chi connectivity index (χ1n) is 8.00. The number of amides is 1. The van der Waals surface area contributed by atoms with E-state index < -0.39 is 0 Å². The minimum absolute atomic E-state index is 0.00268. The fraction of sp³-hybridized carbons (Fsp3) is 0.611. The van der Waals surface area contributed by atoms with Crippen LogP contribution in [0.25, 0.3) is 0 Å². The molecule has 2 unspecified atom stereocenters. The molecule has 4 nitrogen and oxygen atoms in total. The number of benzene rings is 1. The van der Waals surface area contributed by atoms with Crippen LogP contribution in [-0.4, -0.2) is 35.3 Å². The molecule has 1 saturated heterocycles. The largest absolute Gasteiger partial charge is 0.445 e. The summed E-state index contributed by atoms with van der Waals surface area (Å²) in [5, 5.41) is 9.54. The van der Waals surface area contributed by atoms with E-state index in [1.54, 1.807) is 4.90 Å². The van der Waals surface area contributed by atoms with Crippen LogP contribution in [0.4, 0.5) is 4.79 Å². The van der Waals surface area contributed by atoms with Crippen molar-refractivity contribution in [2.45, 2.75) is 46.3 Å². The van der Waals surface area contributed by atoms with E-state index in [1.807, 2.05) is 30.3 Å². The van der Waals surface area contributed by atoms with Crippen LogP contribution >= 0.6 is 0 Å². The van der Waals surface area contributed by atoms with Gasteiger partial charge in [0.1, 0.15) is 6.61 Å². The number of aliphatic hydroxyl groups excluding tert-OH is 1. The summed E-state index contributed by atoms with van der Waals surface area (Å²) >= 11 is 0. The number of aliphatic hydroxyl groups is 1. The summed E-state index contributed by atoms with van der Waals surface area (Å²) in [6.07, 6.45) is 1.55. The SMILES string of the molecule is CC(C)(C)C1CCC(CO)N(C(=O)OCc2ccccc2)C1. The molecule has 1 heterocycles. The second kappa shape index (κ2) is 7.14. The van der Waals surface area contributed by atoms with E-state index in [4.69, 9.17) is 4.74 Å². The van der Waals surface area contributed by atoms with E-state index in [0.717, 1.165) is 18.4 Å². The van der Waals surface area contributed by atoms with Gasteiger partial charge in [-0.3, -0.25) is 0 Å². The fourth-order valence-corrected chi connectivity index (χ4v) is 2.95. The van der Waals surface area contributed by atoms with Crippen LogP contribution in [-0.2, 0) is 11.3 Å². The first kappa shape index (κ1) is 16.8. The monoisotopic (exact) mass is 305 g/mol. The molecule has 1 N–H and O–H groups in total. The number of rotatable bonds is 3. The highest BCUT2D eigenvalue weighted by molar-refractivity contribution is 5.68. The average Bonchev–Trinajstić information content (AvgIpc) is 2.52. The van der Waals surface area contributed by atoms with Crippen molar-refractivity contribution in [2.75, 3.05) is 13.2 Å². The van der Waals surface area contributed by atoms with Crippen molar-refractivity contribution < 1.29 is 14.6 Å². The summed E-state index contributed by atoms with van der Waals surface area (Å²) < 4.78 is 5.44. The molecule has 1 aliphatic heterocycles. The first-order chi connectivity index (χ1) is 10.4. The van der Waals surface area contributed by atoms with Crippen LogP contribution in [0.3, 0.4) is 0 Å². The van der Waals surface area contributed by atoms with Gasteiger partial charge in [-0.15, -0.1) is 0 Å². The molecular weight excluding hydrogens is 278 g/mol. The van der Waals surface area contributed by atoms with Crippen molar-refractivity contribution >= 4 is 6.09 Å². The molecule has 0 radical (unpaired) electrons. The van der Waals surface area contributed by atoms with Gasteiger partial charge >= 0.3 is 6.09 Å². The lowest BCUT2D eigenvalue weighted by molar-refractivity contribution is 0.0152. The summed E-state index contributed by atoms with van der Waals surface area (Å²) in [6, 6.07) is 9.54. The summed E-state index contributed by atoms with van der Waals surface area (Å²) in [4.78, 5) is 14.1. The molecule has 2 atom stereocenters. The molecule has 0 aliphatic carbocycles.